The summed E-state index contributed by atoms with van der Waals surface area (Å²) in [7, 11) is 0. The third kappa shape index (κ3) is 3.04. The van der Waals surface area contributed by atoms with E-state index in [9.17, 15) is 0 Å². The second kappa shape index (κ2) is 5.99. The van der Waals surface area contributed by atoms with Gasteiger partial charge in [-0.15, -0.1) is 0 Å². The first kappa shape index (κ1) is 11.6. The van der Waals surface area contributed by atoms with E-state index in [2.05, 4.69) is 10.3 Å². The van der Waals surface area contributed by atoms with Gasteiger partial charge in [-0.05, 0) is 43.4 Å². The molecule has 0 spiro atoms. The van der Waals surface area contributed by atoms with Crippen LogP contribution in [-0.4, -0.2) is 29.1 Å². The molecule has 1 saturated heterocycles. The number of hydrogen-bond acceptors (Lipinski definition) is 4. The summed E-state index contributed by atoms with van der Waals surface area (Å²) in [5.74, 6) is 3.23. The lowest BCUT2D eigenvalue weighted by molar-refractivity contribution is 0.328. The Morgan fingerprint density at radius 3 is 3.06 bits per heavy atom. The van der Waals surface area contributed by atoms with Crippen molar-refractivity contribution >= 4 is 17.4 Å². The minimum atomic E-state index is 0.574. The van der Waals surface area contributed by atoms with Gasteiger partial charge in [0.1, 0.15) is 0 Å². The highest BCUT2D eigenvalue weighted by Gasteiger charge is 2.15. The smallest absolute Gasteiger partial charge is 0.237 e. The molecule has 0 saturated carbocycles. The van der Waals surface area contributed by atoms with Crippen molar-refractivity contribution in [2.45, 2.75) is 25.8 Å². The molecule has 0 unspecified atom stereocenters. The highest BCUT2D eigenvalue weighted by Crippen LogP contribution is 2.25. The first-order chi connectivity index (χ1) is 7.90. The van der Waals surface area contributed by atoms with Gasteiger partial charge < -0.3 is 10.1 Å². The fraction of sp³-hybridized carbons (Fsp3) is 0.583. The molecule has 1 aliphatic rings. The Hall–Kier alpha value is -0.900. The van der Waals surface area contributed by atoms with E-state index in [1.807, 2.05) is 30.8 Å². The molecular formula is C12H18N2OS. The summed E-state index contributed by atoms with van der Waals surface area (Å²) in [6.45, 7) is 2.64. The maximum Gasteiger partial charge on any atom is 0.237 e. The molecule has 4 heteroatoms. The van der Waals surface area contributed by atoms with E-state index in [0.717, 1.165) is 11.6 Å². The van der Waals surface area contributed by atoms with Gasteiger partial charge in [-0.25, -0.2) is 4.98 Å². The maximum atomic E-state index is 5.50. The normalized spacial score (nSPS) is 17.1. The number of hydrogen-bond donors (Lipinski definition) is 1. The maximum absolute atomic E-state index is 5.50. The van der Waals surface area contributed by atoms with E-state index >= 15 is 0 Å². The molecule has 1 fully saturated rings. The zero-order valence-corrected chi connectivity index (χ0v) is 10.4. The van der Waals surface area contributed by atoms with Gasteiger partial charge >= 0.3 is 0 Å². The number of anilines is 1. The van der Waals surface area contributed by atoms with E-state index in [1.54, 1.807) is 6.20 Å². The number of ether oxygens (including phenoxy) is 1. The lowest BCUT2D eigenvalue weighted by Gasteiger charge is -2.24. The van der Waals surface area contributed by atoms with Crippen LogP contribution in [0.4, 0.5) is 5.69 Å². The minimum Gasteiger partial charge on any atom is -0.476 e. The Labute approximate surface area is 101 Å². The zero-order chi connectivity index (χ0) is 11.2. The average molecular weight is 238 g/mol. The molecule has 1 N–H and O–H groups in total. The van der Waals surface area contributed by atoms with E-state index in [4.69, 9.17) is 4.74 Å². The van der Waals surface area contributed by atoms with Crippen molar-refractivity contribution in [3.8, 4) is 5.88 Å². The van der Waals surface area contributed by atoms with Gasteiger partial charge in [0.05, 0.1) is 12.3 Å². The molecule has 0 bridgehead atoms. The number of aromatic nitrogens is 1. The number of rotatable bonds is 4. The average Bonchev–Trinajstić information content (AvgIpc) is 2.33. The Morgan fingerprint density at radius 2 is 2.31 bits per heavy atom. The number of thioether (sulfide) groups is 1. The van der Waals surface area contributed by atoms with Crippen molar-refractivity contribution in [1.29, 1.82) is 0 Å². The molecular weight excluding hydrogens is 220 g/mol. The van der Waals surface area contributed by atoms with Gasteiger partial charge in [0.15, 0.2) is 0 Å². The van der Waals surface area contributed by atoms with Gasteiger partial charge in [-0.3, -0.25) is 0 Å². The summed E-state index contributed by atoms with van der Waals surface area (Å²) in [5.41, 5.74) is 1.03. The van der Waals surface area contributed by atoms with Crippen LogP contribution in [-0.2, 0) is 0 Å². The number of nitrogens with one attached hydrogen (secondary N) is 1. The third-order valence-corrected chi connectivity index (χ3v) is 3.68. The SMILES string of the molecule is CCOc1ncccc1NC1CCSCC1. The zero-order valence-electron chi connectivity index (χ0n) is 9.61. The molecule has 0 atom stereocenters. The van der Waals surface area contributed by atoms with Crippen LogP contribution in [0.5, 0.6) is 5.88 Å². The lowest BCUT2D eigenvalue weighted by atomic mass is 10.1. The highest BCUT2D eigenvalue weighted by molar-refractivity contribution is 7.99. The number of pyridine rings is 1. The van der Waals surface area contributed by atoms with Crippen LogP contribution in [0.1, 0.15) is 19.8 Å². The fourth-order valence-electron chi connectivity index (χ4n) is 1.81. The van der Waals surface area contributed by atoms with E-state index in [1.165, 1.54) is 24.3 Å². The molecule has 1 aliphatic heterocycles. The fourth-order valence-corrected chi connectivity index (χ4v) is 2.92. The predicted octanol–water partition coefficient (Wildman–Crippen LogP) is 2.79. The molecule has 3 nitrogen and oxygen atoms in total. The molecule has 16 heavy (non-hydrogen) atoms. The summed E-state index contributed by atoms with van der Waals surface area (Å²) in [5, 5.41) is 3.53. The van der Waals surface area contributed by atoms with Gasteiger partial charge in [0, 0.05) is 12.2 Å². The Morgan fingerprint density at radius 1 is 1.50 bits per heavy atom. The summed E-state index contributed by atoms with van der Waals surface area (Å²) in [6, 6.07) is 4.56. The molecule has 0 aliphatic carbocycles. The topological polar surface area (TPSA) is 34.1 Å². The molecule has 1 aromatic heterocycles. The second-order valence-electron chi connectivity index (χ2n) is 3.82. The molecule has 0 amide bonds. The quantitative estimate of drug-likeness (QED) is 0.874. The predicted molar refractivity (Wildman–Crippen MR) is 69.4 cm³/mol. The first-order valence-electron chi connectivity index (χ1n) is 5.82. The third-order valence-electron chi connectivity index (χ3n) is 2.63. The Kier molecular flexibility index (Phi) is 4.34. The van der Waals surface area contributed by atoms with Crippen molar-refractivity contribution in [2.75, 3.05) is 23.4 Å². The lowest BCUT2D eigenvalue weighted by Crippen LogP contribution is -2.24. The van der Waals surface area contributed by atoms with Crippen LogP contribution >= 0.6 is 11.8 Å². The molecule has 2 heterocycles. The molecule has 2 rings (SSSR count). The van der Waals surface area contributed by atoms with E-state index in [0.29, 0.717) is 12.6 Å². The van der Waals surface area contributed by atoms with Crippen LogP contribution in [0.2, 0.25) is 0 Å². The standard InChI is InChI=1S/C12H18N2OS/c1-2-15-12-11(4-3-7-13-12)14-10-5-8-16-9-6-10/h3-4,7,10,14H,2,5-6,8-9H2,1H3. The summed E-state index contributed by atoms with van der Waals surface area (Å²) >= 11 is 2.04. The Balaban J connectivity index is 2.01. The van der Waals surface area contributed by atoms with Crippen LogP contribution in [0.15, 0.2) is 18.3 Å². The van der Waals surface area contributed by atoms with Crippen LogP contribution < -0.4 is 10.1 Å². The molecule has 1 aromatic rings. The van der Waals surface area contributed by atoms with E-state index < -0.39 is 0 Å². The van der Waals surface area contributed by atoms with Crippen molar-refractivity contribution in [1.82, 2.24) is 4.98 Å². The molecule has 0 radical (unpaired) electrons. The van der Waals surface area contributed by atoms with Gasteiger partial charge in [-0.2, -0.15) is 11.8 Å². The van der Waals surface area contributed by atoms with Crippen molar-refractivity contribution in [3.63, 3.8) is 0 Å². The monoisotopic (exact) mass is 238 g/mol. The largest absolute Gasteiger partial charge is 0.476 e. The summed E-state index contributed by atoms with van der Waals surface area (Å²) < 4.78 is 5.50. The Bertz CT molecular complexity index is 327. The van der Waals surface area contributed by atoms with Gasteiger partial charge in [-0.1, -0.05) is 0 Å². The summed E-state index contributed by atoms with van der Waals surface area (Å²) in [6.07, 6.45) is 4.23. The van der Waals surface area contributed by atoms with Crippen molar-refractivity contribution < 1.29 is 4.74 Å². The summed E-state index contributed by atoms with van der Waals surface area (Å²) in [4.78, 5) is 4.24. The highest BCUT2D eigenvalue weighted by atomic mass is 32.2. The van der Waals surface area contributed by atoms with Crippen molar-refractivity contribution in [3.05, 3.63) is 18.3 Å². The first-order valence-corrected chi connectivity index (χ1v) is 6.97. The number of nitrogens with zero attached hydrogens (tertiary/aromatic N) is 1. The minimum absolute atomic E-state index is 0.574. The van der Waals surface area contributed by atoms with Crippen LogP contribution in [0.3, 0.4) is 0 Å². The second-order valence-corrected chi connectivity index (χ2v) is 5.04. The molecule has 88 valence electrons. The van der Waals surface area contributed by atoms with Gasteiger partial charge in [0.25, 0.3) is 0 Å². The van der Waals surface area contributed by atoms with Gasteiger partial charge in [0.2, 0.25) is 5.88 Å². The molecule has 0 aromatic carbocycles. The van der Waals surface area contributed by atoms with Crippen LogP contribution in [0, 0.1) is 0 Å². The van der Waals surface area contributed by atoms with Crippen molar-refractivity contribution in [2.24, 2.45) is 0 Å². The van der Waals surface area contributed by atoms with Crippen LogP contribution in [0.25, 0.3) is 0 Å². The van der Waals surface area contributed by atoms with E-state index in [-0.39, 0.29) is 0 Å².